The third kappa shape index (κ3) is 3.18. The standard InChI is InChI=1S/C20H24N2O3/c1-12-6-4-5-7-15(12)19-16(10-11-17(23)25-3)22(14-8-9-14)13(2)18(19)20(21)24/h4-7,14H,8-11H2,1-3H3,(H2,21,24). The third-order valence-corrected chi connectivity index (χ3v) is 4.92. The zero-order valence-electron chi connectivity index (χ0n) is 15.0. The van der Waals surface area contributed by atoms with E-state index in [-0.39, 0.29) is 12.4 Å². The number of amides is 1. The van der Waals surface area contributed by atoms with E-state index >= 15 is 0 Å². The highest BCUT2D eigenvalue weighted by atomic mass is 16.5. The minimum absolute atomic E-state index is 0.252. The number of nitrogens with two attached hydrogens (primary N) is 1. The lowest BCUT2D eigenvalue weighted by Crippen LogP contribution is -2.13. The highest BCUT2D eigenvalue weighted by molar-refractivity contribution is 6.02. The van der Waals surface area contributed by atoms with Gasteiger partial charge in [0.2, 0.25) is 0 Å². The average molecular weight is 340 g/mol. The number of ether oxygens (including phenoxy) is 1. The molecule has 1 heterocycles. The minimum atomic E-state index is -0.422. The summed E-state index contributed by atoms with van der Waals surface area (Å²) in [7, 11) is 1.39. The average Bonchev–Trinajstić information content (AvgIpc) is 3.37. The normalized spacial score (nSPS) is 13.7. The predicted molar refractivity (Wildman–Crippen MR) is 96.5 cm³/mol. The van der Waals surface area contributed by atoms with E-state index in [1.54, 1.807) is 0 Å². The quantitative estimate of drug-likeness (QED) is 0.820. The van der Waals surface area contributed by atoms with E-state index in [4.69, 9.17) is 10.5 Å². The first kappa shape index (κ1) is 17.3. The van der Waals surface area contributed by atoms with E-state index in [9.17, 15) is 9.59 Å². The third-order valence-electron chi connectivity index (χ3n) is 4.92. The molecule has 132 valence electrons. The molecule has 0 atom stereocenters. The molecule has 1 fully saturated rings. The van der Waals surface area contributed by atoms with Gasteiger partial charge in [-0.15, -0.1) is 0 Å². The van der Waals surface area contributed by atoms with Gasteiger partial charge in [0.05, 0.1) is 19.1 Å². The number of methoxy groups -OCH3 is 1. The summed E-state index contributed by atoms with van der Waals surface area (Å²) in [6.07, 6.45) is 2.99. The molecule has 0 spiro atoms. The Morgan fingerprint density at radius 2 is 1.92 bits per heavy atom. The van der Waals surface area contributed by atoms with Crippen molar-refractivity contribution >= 4 is 11.9 Å². The lowest BCUT2D eigenvalue weighted by molar-refractivity contribution is -0.140. The van der Waals surface area contributed by atoms with Gasteiger partial charge in [0, 0.05) is 23.0 Å². The molecular formula is C20H24N2O3. The number of aryl methyl sites for hydroxylation is 1. The van der Waals surface area contributed by atoms with Gasteiger partial charge in [0.1, 0.15) is 0 Å². The number of nitrogens with zero attached hydrogens (tertiary/aromatic N) is 1. The first-order valence-electron chi connectivity index (χ1n) is 8.62. The Labute approximate surface area is 147 Å². The van der Waals surface area contributed by atoms with E-state index in [1.165, 1.54) is 7.11 Å². The van der Waals surface area contributed by atoms with Crippen LogP contribution in [0.5, 0.6) is 0 Å². The van der Waals surface area contributed by atoms with Crippen molar-refractivity contribution in [3.63, 3.8) is 0 Å². The Balaban J connectivity index is 2.22. The second-order valence-corrected chi connectivity index (χ2v) is 6.64. The minimum Gasteiger partial charge on any atom is -0.469 e. The highest BCUT2D eigenvalue weighted by Gasteiger charge is 2.33. The molecule has 1 aromatic heterocycles. The topological polar surface area (TPSA) is 74.3 Å². The molecule has 0 unspecified atom stereocenters. The van der Waals surface area contributed by atoms with E-state index in [1.807, 2.05) is 38.1 Å². The summed E-state index contributed by atoms with van der Waals surface area (Å²) in [5.41, 5.74) is 11.2. The van der Waals surface area contributed by atoms with Crippen LogP contribution in [0.1, 0.15) is 52.6 Å². The van der Waals surface area contributed by atoms with E-state index in [0.29, 0.717) is 18.0 Å². The molecule has 1 aromatic carbocycles. The van der Waals surface area contributed by atoms with Crippen molar-refractivity contribution in [3.05, 3.63) is 46.8 Å². The van der Waals surface area contributed by atoms with Gasteiger partial charge in [-0.05, 0) is 44.2 Å². The summed E-state index contributed by atoms with van der Waals surface area (Å²) < 4.78 is 7.01. The maximum atomic E-state index is 12.2. The van der Waals surface area contributed by atoms with Gasteiger partial charge in [-0.25, -0.2) is 0 Å². The van der Waals surface area contributed by atoms with Crippen LogP contribution >= 0.6 is 0 Å². The van der Waals surface area contributed by atoms with Crippen molar-refractivity contribution < 1.29 is 14.3 Å². The molecule has 1 amide bonds. The van der Waals surface area contributed by atoms with Crippen molar-refractivity contribution in [1.82, 2.24) is 4.57 Å². The van der Waals surface area contributed by atoms with Crippen LogP contribution < -0.4 is 5.73 Å². The Kier molecular flexibility index (Phi) is 4.66. The lowest BCUT2D eigenvalue weighted by atomic mass is 9.94. The first-order valence-corrected chi connectivity index (χ1v) is 8.62. The van der Waals surface area contributed by atoms with Gasteiger partial charge in [-0.2, -0.15) is 0 Å². The largest absolute Gasteiger partial charge is 0.469 e. The summed E-state index contributed by atoms with van der Waals surface area (Å²) in [4.78, 5) is 23.9. The Hall–Kier alpha value is -2.56. The highest BCUT2D eigenvalue weighted by Crippen LogP contribution is 2.44. The number of esters is 1. The number of benzene rings is 1. The molecule has 0 aliphatic heterocycles. The Morgan fingerprint density at radius 3 is 2.48 bits per heavy atom. The molecule has 1 saturated carbocycles. The molecule has 25 heavy (non-hydrogen) atoms. The number of aromatic nitrogens is 1. The van der Waals surface area contributed by atoms with Crippen LogP contribution in [-0.4, -0.2) is 23.6 Å². The fourth-order valence-corrected chi connectivity index (χ4v) is 3.61. The number of rotatable bonds is 6. The van der Waals surface area contributed by atoms with Crippen molar-refractivity contribution in [2.45, 2.75) is 45.6 Å². The summed E-state index contributed by atoms with van der Waals surface area (Å²) >= 11 is 0. The van der Waals surface area contributed by atoms with Gasteiger partial charge < -0.3 is 15.0 Å². The van der Waals surface area contributed by atoms with E-state index < -0.39 is 5.91 Å². The van der Waals surface area contributed by atoms with Gasteiger partial charge >= 0.3 is 5.97 Å². The van der Waals surface area contributed by atoms with Crippen LogP contribution in [0.15, 0.2) is 24.3 Å². The monoisotopic (exact) mass is 340 g/mol. The summed E-state index contributed by atoms with van der Waals surface area (Å²) in [5, 5.41) is 0. The maximum absolute atomic E-state index is 12.2. The molecule has 0 saturated heterocycles. The van der Waals surface area contributed by atoms with Crippen LogP contribution in [-0.2, 0) is 16.0 Å². The van der Waals surface area contributed by atoms with Crippen LogP contribution in [0.25, 0.3) is 11.1 Å². The number of hydrogen-bond donors (Lipinski definition) is 1. The van der Waals surface area contributed by atoms with Crippen molar-refractivity contribution in [3.8, 4) is 11.1 Å². The van der Waals surface area contributed by atoms with Crippen LogP contribution in [0.2, 0.25) is 0 Å². The maximum Gasteiger partial charge on any atom is 0.305 e. The van der Waals surface area contributed by atoms with Gasteiger partial charge in [-0.1, -0.05) is 24.3 Å². The molecule has 1 aliphatic rings. The van der Waals surface area contributed by atoms with Crippen LogP contribution in [0.3, 0.4) is 0 Å². The predicted octanol–water partition coefficient (Wildman–Crippen LogP) is 3.31. The Morgan fingerprint density at radius 1 is 1.24 bits per heavy atom. The second kappa shape index (κ2) is 6.75. The molecule has 0 bridgehead atoms. The lowest BCUT2D eigenvalue weighted by Gasteiger charge is -2.13. The van der Waals surface area contributed by atoms with E-state index in [0.717, 1.165) is 40.9 Å². The fourth-order valence-electron chi connectivity index (χ4n) is 3.61. The summed E-state index contributed by atoms with van der Waals surface area (Å²) in [6.45, 7) is 3.97. The summed E-state index contributed by atoms with van der Waals surface area (Å²) in [5.74, 6) is -0.674. The molecular weight excluding hydrogens is 316 g/mol. The molecule has 5 heteroatoms. The second-order valence-electron chi connectivity index (χ2n) is 6.64. The molecule has 2 N–H and O–H groups in total. The van der Waals surface area contributed by atoms with Gasteiger partial charge in [0.15, 0.2) is 0 Å². The molecule has 1 aliphatic carbocycles. The molecule has 2 aromatic rings. The smallest absolute Gasteiger partial charge is 0.305 e. The van der Waals surface area contributed by atoms with Crippen molar-refractivity contribution in [1.29, 1.82) is 0 Å². The number of primary amides is 1. The first-order chi connectivity index (χ1) is 12.0. The van der Waals surface area contributed by atoms with Crippen molar-refractivity contribution in [2.24, 2.45) is 5.73 Å². The summed E-state index contributed by atoms with van der Waals surface area (Å²) in [6, 6.07) is 8.36. The van der Waals surface area contributed by atoms with Gasteiger partial charge in [0.25, 0.3) is 5.91 Å². The fraction of sp³-hybridized carbons (Fsp3) is 0.400. The van der Waals surface area contributed by atoms with Crippen LogP contribution in [0, 0.1) is 13.8 Å². The number of carbonyl (C=O) groups excluding carboxylic acids is 2. The van der Waals surface area contributed by atoms with Crippen LogP contribution in [0.4, 0.5) is 0 Å². The Bertz CT molecular complexity index is 832. The zero-order valence-corrected chi connectivity index (χ0v) is 15.0. The molecule has 5 nitrogen and oxygen atoms in total. The zero-order chi connectivity index (χ0) is 18.1. The molecule has 0 radical (unpaired) electrons. The number of carbonyl (C=O) groups is 2. The van der Waals surface area contributed by atoms with E-state index in [2.05, 4.69) is 4.57 Å². The SMILES string of the molecule is COC(=O)CCc1c(-c2ccccc2C)c(C(N)=O)c(C)n1C1CC1. The van der Waals surface area contributed by atoms with Gasteiger partial charge in [-0.3, -0.25) is 9.59 Å². The number of hydrogen-bond acceptors (Lipinski definition) is 3. The van der Waals surface area contributed by atoms with Crippen molar-refractivity contribution in [2.75, 3.05) is 7.11 Å². The molecule has 3 rings (SSSR count).